The van der Waals surface area contributed by atoms with Crippen LogP contribution in [0.25, 0.3) is 11.1 Å². The number of ether oxygens (including phenoxy) is 2. The molecule has 176 valence electrons. The normalized spacial score (nSPS) is 11.0. The van der Waals surface area contributed by atoms with Gasteiger partial charge in [0, 0.05) is 23.5 Å². The average molecular weight is 463 g/mol. The van der Waals surface area contributed by atoms with Crippen LogP contribution in [0.1, 0.15) is 27.3 Å². The van der Waals surface area contributed by atoms with E-state index in [1.54, 1.807) is 31.4 Å². The molecule has 0 radical (unpaired) electrons. The zero-order chi connectivity index (χ0) is 24.2. The molecule has 0 unspecified atom stereocenters. The maximum atomic E-state index is 12.8. The number of oxazole rings is 1. The van der Waals surface area contributed by atoms with Crippen molar-refractivity contribution in [1.29, 1.82) is 0 Å². The lowest BCUT2D eigenvalue weighted by molar-refractivity contribution is -0.143. The number of carbonyl (C=O) groups is 2. The molecule has 0 aliphatic carbocycles. The Balaban J connectivity index is 1.37. The van der Waals surface area contributed by atoms with Gasteiger partial charge in [-0.2, -0.15) is 0 Å². The molecule has 2 aromatic heterocycles. The van der Waals surface area contributed by atoms with Gasteiger partial charge in [0.15, 0.2) is 12.2 Å². The second-order valence-corrected chi connectivity index (χ2v) is 8.04. The molecule has 8 nitrogen and oxygen atoms in total. The van der Waals surface area contributed by atoms with E-state index in [4.69, 9.17) is 13.9 Å². The van der Waals surface area contributed by atoms with Gasteiger partial charge in [-0.3, -0.25) is 14.2 Å². The van der Waals surface area contributed by atoms with Gasteiger partial charge in [-0.1, -0.05) is 24.3 Å². The van der Waals surface area contributed by atoms with Crippen molar-refractivity contribution >= 4 is 22.9 Å². The number of para-hydroxylation sites is 2. The highest BCUT2D eigenvalue weighted by Gasteiger charge is 2.19. The van der Waals surface area contributed by atoms with Gasteiger partial charge >= 0.3 is 11.7 Å². The number of ketones is 1. The molecule has 0 N–H and O–H groups in total. The molecular weight excluding hydrogens is 436 g/mol. The van der Waals surface area contributed by atoms with Gasteiger partial charge < -0.3 is 18.5 Å². The third-order valence-corrected chi connectivity index (χ3v) is 5.88. The first kappa shape index (κ1) is 23.1. The number of hydrogen-bond acceptors (Lipinski definition) is 6. The molecule has 34 heavy (non-hydrogen) atoms. The van der Waals surface area contributed by atoms with Crippen LogP contribution in [-0.4, -0.2) is 34.6 Å². The number of rotatable bonds is 9. The summed E-state index contributed by atoms with van der Waals surface area (Å²) in [6.07, 6.45) is 0.802. The first-order valence-electron chi connectivity index (χ1n) is 10.9. The fourth-order valence-corrected chi connectivity index (χ4v) is 4.02. The van der Waals surface area contributed by atoms with Crippen molar-refractivity contribution in [3.63, 3.8) is 0 Å². The zero-order valence-corrected chi connectivity index (χ0v) is 19.4. The van der Waals surface area contributed by atoms with Crippen molar-refractivity contribution in [3.05, 3.63) is 87.7 Å². The van der Waals surface area contributed by atoms with Crippen LogP contribution in [-0.2, 0) is 29.0 Å². The second-order valence-electron chi connectivity index (χ2n) is 8.04. The van der Waals surface area contributed by atoms with Crippen LogP contribution in [0.4, 0.5) is 0 Å². The minimum absolute atomic E-state index is 0.290. The summed E-state index contributed by atoms with van der Waals surface area (Å²) in [6, 6.07) is 16.5. The van der Waals surface area contributed by atoms with Gasteiger partial charge in [0.25, 0.3) is 0 Å². The van der Waals surface area contributed by atoms with Crippen LogP contribution in [0, 0.1) is 13.8 Å². The number of Topliss-reactive ketones (excluding diaryl/α,β-unsaturated/α-hetero) is 1. The van der Waals surface area contributed by atoms with E-state index in [0.29, 0.717) is 23.2 Å². The first-order valence-corrected chi connectivity index (χ1v) is 10.9. The molecule has 0 fully saturated rings. The van der Waals surface area contributed by atoms with Gasteiger partial charge in [-0.15, -0.1) is 0 Å². The third-order valence-electron chi connectivity index (χ3n) is 5.88. The summed E-state index contributed by atoms with van der Waals surface area (Å²) in [5, 5.41) is 0. The summed E-state index contributed by atoms with van der Waals surface area (Å²) in [5.41, 5.74) is 4.35. The van der Waals surface area contributed by atoms with E-state index in [2.05, 4.69) is 4.57 Å². The number of hydrogen-bond donors (Lipinski definition) is 0. The number of benzene rings is 2. The molecule has 0 bridgehead atoms. The minimum Gasteiger partial charge on any atom is -0.497 e. The van der Waals surface area contributed by atoms with Crippen LogP contribution in [0.15, 0.2) is 63.8 Å². The van der Waals surface area contributed by atoms with Crippen LogP contribution in [0.3, 0.4) is 0 Å². The Labute approximate surface area is 196 Å². The Morgan fingerprint density at radius 3 is 2.47 bits per heavy atom. The smallest absolute Gasteiger partial charge is 0.420 e. The second kappa shape index (κ2) is 9.82. The molecule has 0 spiro atoms. The van der Waals surface area contributed by atoms with Crippen molar-refractivity contribution in [2.24, 2.45) is 0 Å². The number of fused-ring (bicyclic) bond motifs is 1. The van der Waals surface area contributed by atoms with E-state index in [-0.39, 0.29) is 12.3 Å². The van der Waals surface area contributed by atoms with Crippen molar-refractivity contribution < 1.29 is 23.5 Å². The fourth-order valence-electron chi connectivity index (χ4n) is 4.02. The molecule has 0 atom stereocenters. The molecule has 4 aromatic rings. The lowest BCUT2D eigenvalue weighted by Gasteiger charge is -2.10. The number of carbonyl (C=O) groups excluding carboxylic acids is 2. The highest BCUT2D eigenvalue weighted by molar-refractivity contribution is 5.99. The Morgan fingerprint density at radius 1 is 1.00 bits per heavy atom. The minimum atomic E-state index is -0.685. The van der Waals surface area contributed by atoms with E-state index in [1.807, 2.05) is 44.2 Å². The average Bonchev–Trinajstić information content (AvgIpc) is 3.31. The van der Waals surface area contributed by atoms with Crippen LogP contribution in [0.2, 0.25) is 0 Å². The van der Waals surface area contributed by atoms with Crippen molar-refractivity contribution in [1.82, 2.24) is 9.13 Å². The maximum absolute atomic E-state index is 12.8. The molecule has 2 aromatic carbocycles. The quantitative estimate of drug-likeness (QED) is 0.278. The monoisotopic (exact) mass is 462 g/mol. The number of esters is 1. The highest BCUT2D eigenvalue weighted by atomic mass is 16.5. The predicted molar refractivity (Wildman–Crippen MR) is 126 cm³/mol. The maximum Gasteiger partial charge on any atom is 0.420 e. The molecule has 8 heteroatoms. The Bertz CT molecular complexity index is 1390. The lowest BCUT2D eigenvalue weighted by atomic mass is 10.1. The van der Waals surface area contributed by atoms with E-state index in [1.165, 1.54) is 4.57 Å². The van der Waals surface area contributed by atoms with E-state index < -0.39 is 18.3 Å². The van der Waals surface area contributed by atoms with Crippen LogP contribution in [0.5, 0.6) is 5.75 Å². The summed E-state index contributed by atoms with van der Waals surface area (Å²) in [4.78, 5) is 37.1. The molecule has 0 aliphatic heterocycles. The molecule has 4 rings (SSSR count). The van der Waals surface area contributed by atoms with Gasteiger partial charge in [0.1, 0.15) is 12.3 Å². The van der Waals surface area contributed by atoms with Crippen LogP contribution < -0.4 is 10.5 Å². The third kappa shape index (κ3) is 4.80. The number of aromatic nitrogens is 2. The largest absolute Gasteiger partial charge is 0.497 e. The molecule has 0 saturated carbocycles. The van der Waals surface area contributed by atoms with Gasteiger partial charge in [0.2, 0.25) is 5.78 Å². The zero-order valence-electron chi connectivity index (χ0n) is 19.4. The summed E-state index contributed by atoms with van der Waals surface area (Å²) in [7, 11) is 1.64. The SMILES string of the molecule is COc1ccc(CCn2c(C)cc(C(=O)COC(=O)Cn3c(=O)oc4ccccc43)c2C)cc1. The number of aryl methyl sites for hydroxylation is 2. The highest BCUT2D eigenvalue weighted by Crippen LogP contribution is 2.18. The van der Waals surface area contributed by atoms with Crippen molar-refractivity contribution in [2.75, 3.05) is 13.7 Å². The predicted octanol–water partition coefficient (Wildman–Crippen LogP) is 3.69. The Kier molecular flexibility index (Phi) is 6.67. The van der Waals surface area contributed by atoms with E-state index >= 15 is 0 Å². The molecule has 2 heterocycles. The molecular formula is C26H26N2O6. The fraction of sp³-hybridized carbons (Fsp3) is 0.269. The van der Waals surface area contributed by atoms with E-state index in [0.717, 1.165) is 29.1 Å². The Hall–Kier alpha value is -4.07. The standard InChI is InChI=1S/C26H26N2O6/c1-17-14-21(18(2)27(17)13-12-19-8-10-20(32-3)11-9-19)23(29)16-33-25(30)15-28-22-6-4-5-7-24(22)34-26(28)31/h4-11,14H,12-13,15-16H2,1-3H3. The lowest BCUT2D eigenvalue weighted by Crippen LogP contribution is -2.23. The first-order chi connectivity index (χ1) is 16.4. The van der Waals surface area contributed by atoms with Gasteiger partial charge in [-0.25, -0.2) is 4.79 Å². The van der Waals surface area contributed by atoms with Crippen LogP contribution >= 0.6 is 0 Å². The Morgan fingerprint density at radius 2 is 1.74 bits per heavy atom. The summed E-state index contributed by atoms with van der Waals surface area (Å²) >= 11 is 0. The topological polar surface area (TPSA) is 92.7 Å². The number of methoxy groups -OCH3 is 1. The van der Waals surface area contributed by atoms with Crippen molar-refractivity contribution in [3.8, 4) is 5.75 Å². The van der Waals surface area contributed by atoms with Gasteiger partial charge in [0.05, 0.1) is 12.6 Å². The summed E-state index contributed by atoms with van der Waals surface area (Å²) in [6.45, 7) is 3.82. The van der Waals surface area contributed by atoms with E-state index in [9.17, 15) is 14.4 Å². The van der Waals surface area contributed by atoms with Crippen molar-refractivity contribution in [2.45, 2.75) is 33.4 Å². The molecule has 0 saturated heterocycles. The van der Waals surface area contributed by atoms with Gasteiger partial charge in [-0.05, 0) is 56.2 Å². The summed E-state index contributed by atoms with van der Waals surface area (Å²) in [5.74, 6) is -0.813. The number of nitrogens with zero attached hydrogens (tertiary/aromatic N) is 2. The molecule has 0 aliphatic rings. The molecule has 0 amide bonds. The summed E-state index contributed by atoms with van der Waals surface area (Å²) < 4.78 is 18.8.